The van der Waals surface area contributed by atoms with Crippen molar-refractivity contribution in [3.63, 3.8) is 0 Å². The van der Waals surface area contributed by atoms with Gasteiger partial charge in [0.1, 0.15) is 11.8 Å². The van der Waals surface area contributed by atoms with Crippen LogP contribution in [0, 0.1) is 0 Å². The summed E-state index contributed by atoms with van der Waals surface area (Å²) < 4.78 is 5.27. The second-order valence-corrected chi connectivity index (χ2v) is 9.61. The summed E-state index contributed by atoms with van der Waals surface area (Å²) in [6.45, 7) is 5.60. The Labute approximate surface area is 210 Å². The van der Waals surface area contributed by atoms with Crippen molar-refractivity contribution in [1.29, 1.82) is 0 Å². The molecule has 0 aliphatic carbocycles. The lowest BCUT2D eigenvalue weighted by Crippen LogP contribution is -2.52. The van der Waals surface area contributed by atoms with E-state index in [1.54, 1.807) is 73.2 Å². The number of hydrogen-bond acceptors (Lipinski definition) is 5. The highest BCUT2D eigenvalue weighted by atomic mass is 32.1. The fourth-order valence-electron chi connectivity index (χ4n) is 3.46. The van der Waals surface area contributed by atoms with Gasteiger partial charge in [-0.05, 0) is 61.5 Å². The van der Waals surface area contributed by atoms with Crippen molar-refractivity contribution >= 4 is 34.7 Å². The van der Waals surface area contributed by atoms with Crippen LogP contribution in [0.15, 0.2) is 72.1 Å². The quantitative estimate of drug-likeness (QED) is 0.433. The van der Waals surface area contributed by atoms with Crippen molar-refractivity contribution in [1.82, 2.24) is 10.6 Å². The summed E-state index contributed by atoms with van der Waals surface area (Å²) in [5.74, 6) is -0.420. The standard InChI is InChI=1S/C27H31N3O4S/c1-5-27(2,3)29-26(33)24(19-13-15-21(34-4)16-14-19)30(20-10-7-6-8-11-20)23(31)18-28-25(32)22-12-9-17-35-22/h6-17,24H,5,18H2,1-4H3,(H,28,32)(H,29,33)/t24-/m1/s1. The summed E-state index contributed by atoms with van der Waals surface area (Å²) >= 11 is 1.29. The van der Waals surface area contributed by atoms with Gasteiger partial charge in [-0.1, -0.05) is 43.3 Å². The summed E-state index contributed by atoms with van der Waals surface area (Å²) in [4.78, 5) is 41.7. The molecule has 0 saturated heterocycles. The first-order chi connectivity index (χ1) is 16.8. The van der Waals surface area contributed by atoms with Gasteiger partial charge in [0.05, 0.1) is 18.5 Å². The van der Waals surface area contributed by atoms with Crippen molar-refractivity contribution in [3.05, 3.63) is 82.6 Å². The molecule has 3 amide bonds. The van der Waals surface area contributed by atoms with E-state index in [0.29, 0.717) is 28.3 Å². The van der Waals surface area contributed by atoms with Gasteiger partial charge in [-0.2, -0.15) is 0 Å². The SMILES string of the molecule is CCC(C)(C)NC(=O)[C@@H](c1ccc(OC)cc1)N(C(=O)CNC(=O)c1cccs1)c1ccccc1. The van der Waals surface area contributed by atoms with Gasteiger partial charge in [0.15, 0.2) is 0 Å². The smallest absolute Gasteiger partial charge is 0.261 e. The monoisotopic (exact) mass is 493 g/mol. The molecule has 0 bridgehead atoms. The summed E-state index contributed by atoms with van der Waals surface area (Å²) in [6.07, 6.45) is 0.713. The molecule has 3 aromatic rings. The number of thiophene rings is 1. The molecule has 0 aliphatic rings. The topological polar surface area (TPSA) is 87.7 Å². The third-order valence-corrected chi connectivity index (χ3v) is 6.60. The van der Waals surface area contributed by atoms with Crippen molar-refractivity contribution in [3.8, 4) is 5.75 Å². The minimum atomic E-state index is -0.958. The van der Waals surface area contributed by atoms with Gasteiger partial charge in [-0.15, -0.1) is 11.3 Å². The molecule has 1 heterocycles. The van der Waals surface area contributed by atoms with Crippen LogP contribution < -0.4 is 20.3 Å². The molecular formula is C27H31N3O4S. The van der Waals surface area contributed by atoms with E-state index in [4.69, 9.17) is 4.74 Å². The third kappa shape index (κ3) is 6.70. The highest BCUT2D eigenvalue weighted by molar-refractivity contribution is 7.12. The number of benzene rings is 2. The number of carbonyl (C=O) groups excluding carboxylic acids is 3. The summed E-state index contributed by atoms with van der Waals surface area (Å²) in [5.41, 5.74) is 0.700. The molecule has 3 rings (SSSR count). The van der Waals surface area contributed by atoms with E-state index in [0.717, 1.165) is 0 Å². The van der Waals surface area contributed by atoms with Gasteiger partial charge < -0.3 is 15.4 Å². The number of anilines is 1. The second-order valence-electron chi connectivity index (χ2n) is 8.66. The van der Waals surface area contributed by atoms with E-state index < -0.39 is 17.5 Å². The molecule has 2 N–H and O–H groups in total. The maximum Gasteiger partial charge on any atom is 0.261 e. The van der Waals surface area contributed by atoms with Crippen LogP contribution in [0.5, 0.6) is 5.75 Å². The van der Waals surface area contributed by atoms with Gasteiger partial charge in [-0.25, -0.2) is 0 Å². The van der Waals surface area contributed by atoms with Crippen molar-refractivity contribution < 1.29 is 19.1 Å². The molecule has 8 heteroatoms. The molecule has 0 spiro atoms. The van der Waals surface area contributed by atoms with Crippen molar-refractivity contribution in [2.75, 3.05) is 18.6 Å². The largest absolute Gasteiger partial charge is 0.497 e. The number of rotatable bonds is 10. The maximum absolute atomic E-state index is 13.7. The lowest BCUT2D eigenvalue weighted by Gasteiger charge is -2.34. The normalized spacial score (nSPS) is 11.9. The molecule has 184 valence electrons. The minimum absolute atomic E-state index is 0.261. The van der Waals surface area contributed by atoms with Crippen LogP contribution in [0.1, 0.15) is 48.5 Å². The molecule has 0 radical (unpaired) electrons. The van der Waals surface area contributed by atoms with E-state index in [1.165, 1.54) is 16.2 Å². The molecule has 2 aromatic carbocycles. The minimum Gasteiger partial charge on any atom is -0.497 e. The number of hydrogen-bond donors (Lipinski definition) is 2. The maximum atomic E-state index is 13.7. The second kappa shape index (κ2) is 11.7. The Kier molecular flexibility index (Phi) is 8.65. The van der Waals surface area contributed by atoms with Crippen LogP contribution in [0.3, 0.4) is 0 Å². The number of carbonyl (C=O) groups is 3. The van der Waals surface area contributed by atoms with E-state index in [9.17, 15) is 14.4 Å². The predicted molar refractivity (Wildman–Crippen MR) is 139 cm³/mol. The lowest BCUT2D eigenvalue weighted by molar-refractivity contribution is -0.127. The molecule has 0 aliphatic heterocycles. The molecule has 1 aromatic heterocycles. The fraction of sp³-hybridized carbons (Fsp3) is 0.296. The number of ether oxygens (including phenoxy) is 1. The average molecular weight is 494 g/mol. The first-order valence-corrected chi connectivity index (χ1v) is 12.3. The highest BCUT2D eigenvalue weighted by Gasteiger charge is 2.35. The molecule has 0 unspecified atom stereocenters. The Morgan fingerprint density at radius 3 is 2.26 bits per heavy atom. The average Bonchev–Trinajstić information content (AvgIpc) is 3.41. The number of methoxy groups -OCH3 is 1. The molecule has 0 saturated carbocycles. The van der Waals surface area contributed by atoms with Crippen molar-refractivity contribution in [2.24, 2.45) is 0 Å². The number of amides is 3. The Morgan fingerprint density at radius 2 is 1.69 bits per heavy atom. The molecular weight excluding hydrogens is 462 g/mol. The summed E-state index contributed by atoms with van der Waals surface area (Å²) in [6, 6.07) is 18.6. The van der Waals surface area contributed by atoms with Crippen molar-refractivity contribution in [2.45, 2.75) is 38.8 Å². The van der Waals surface area contributed by atoms with Crippen LogP contribution in [0.4, 0.5) is 5.69 Å². The van der Waals surface area contributed by atoms with E-state index in [1.807, 2.05) is 26.8 Å². The molecule has 0 fully saturated rings. The highest BCUT2D eigenvalue weighted by Crippen LogP contribution is 2.30. The Hall–Kier alpha value is -3.65. The number of nitrogens with zero attached hydrogens (tertiary/aromatic N) is 1. The summed E-state index contributed by atoms with van der Waals surface area (Å²) in [5, 5.41) is 7.56. The van der Waals surface area contributed by atoms with Crippen LogP contribution >= 0.6 is 11.3 Å². The molecule has 7 nitrogen and oxygen atoms in total. The van der Waals surface area contributed by atoms with Crippen LogP contribution in [0.25, 0.3) is 0 Å². The number of para-hydroxylation sites is 1. The van der Waals surface area contributed by atoms with E-state index in [-0.39, 0.29) is 18.4 Å². The summed E-state index contributed by atoms with van der Waals surface area (Å²) in [7, 11) is 1.57. The third-order valence-electron chi connectivity index (χ3n) is 5.73. The Morgan fingerprint density at radius 1 is 1.00 bits per heavy atom. The van der Waals surface area contributed by atoms with Gasteiger partial charge in [0.25, 0.3) is 5.91 Å². The van der Waals surface area contributed by atoms with Gasteiger partial charge in [-0.3, -0.25) is 19.3 Å². The predicted octanol–water partition coefficient (Wildman–Crippen LogP) is 4.57. The van der Waals surface area contributed by atoms with E-state index in [2.05, 4.69) is 10.6 Å². The molecule has 35 heavy (non-hydrogen) atoms. The first kappa shape index (κ1) is 26.0. The van der Waals surface area contributed by atoms with Gasteiger partial charge in [0.2, 0.25) is 11.8 Å². The van der Waals surface area contributed by atoms with Crippen LogP contribution in [0.2, 0.25) is 0 Å². The fourth-order valence-corrected chi connectivity index (χ4v) is 4.10. The Bertz CT molecular complexity index is 1130. The van der Waals surface area contributed by atoms with Gasteiger partial charge >= 0.3 is 0 Å². The van der Waals surface area contributed by atoms with Crippen LogP contribution in [-0.2, 0) is 9.59 Å². The van der Waals surface area contributed by atoms with Gasteiger partial charge in [0, 0.05) is 11.2 Å². The first-order valence-electron chi connectivity index (χ1n) is 11.4. The zero-order valence-electron chi connectivity index (χ0n) is 20.4. The lowest BCUT2D eigenvalue weighted by atomic mass is 9.98. The zero-order chi connectivity index (χ0) is 25.4. The van der Waals surface area contributed by atoms with Crippen LogP contribution in [-0.4, -0.2) is 36.9 Å². The number of nitrogens with one attached hydrogen (secondary N) is 2. The molecule has 1 atom stereocenters. The zero-order valence-corrected chi connectivity index (χ0v) is 21.2. The Balaban J connectivity index is 2.00. The van der Waals surface area contributed by atoms with E-state index >= 15 is 0 Å².